The first-order chi connectivity index (χ1) is 10.0. The van der Waals surface area contributed by atoms with Crippen LogP contribution in [0, 0.1) is 30.9 Å². The molecule has 4 nitrogen and oxygen atoms in total. The molecule has 2 aromatic carbocycles. The van der Waals surface area contributed by atoms with Gasteiger partial charge in [0, 0.05) is 5.39 Å². The van der Waals surface area contributed by atoms with Crippen LogP contribution in [0.1, 0.15) is 16.7 Å². The van der Waals surface area contributed by atoms with Crippen molar-refractivity contribution in [1.82, 2.24) is 0 Å². The molecular formula is C17H15NO3. The third-order valence-electron chi connectivity index (χ3n) is 4.01. The van der Waals surface area contributed by atoms with E-state index >= 15 is 0 Å². The average Bonchev–Trinajstić information content (AvgIpc) is 2.85. The van der Waals surface area contributed by atoms with Gasteiger partial charge in [-0.1, -0.05) is 30.3 Å². The van der Waals surface area contributed by atoms with Crippen LogP contribution in [0.3, 0.4) is 0 Å². The highest BCUT2D eigenvalue weighted by Gasteiger charge is 2.26. The van der Waals surface area contributed by atoms with Crippen LogP contribution >= 0.6 is 0 Å². The fraction of sp³-hybridized carbons (Fsp3) is 0.176. The standard InChI is InChI=1S/C17H15NO3/c1-10-9-14-15(13-7-5-4-6-8-13)17(18(19)20)21-16(14)12(3)11(10)2/h4-9H,1-3H3. The number of rotatable bonds is 2. The van der Waals surface area contributed by atoms with Crippen molar-refractivity contribution in [2.75, 3.05) is 0 Å². The van der Waals surface area contributed by atoms with Crippen molar-refractivity contribution in [2.24, 2.45) is 0 Å². The molecule has 21 heavy (non-hydrogen) atoms. The van der Waals surface area contributed by atoms with Crippen molar-refractivity contribution in [1.29, 1.82) is 0 Å². The topological polar surface area (TPSA) is 56.3 Å². The van der Waals surface area contributed by atoms with Gasteiger partial charge in [-0.25, -0.2) is 0 Å². The van der Waals surface area contributed by atoms with E-state index < -0.39 is 4.92 Å². The van der Waals surface area contributed by atoms with Crippen LogP contribution in [0.25, 0.3) is 22.1 Å². The van der Waals surface area contributed by atoms with Crippen LogP contribution in [-0.4, -0.2) is 4.92 Å². The lowest BCUT2D eigenvalue weighted by molar-refractivity contribution is -0.400. The number of hydrogen-bond donors (Lipinski definition) is 0. The van der Waals surface area contributed by atoms with E-state index in [1.54, 1.807) is 0 Å². The Hall–Kier alpha value is -2.62. The summed E-state index contributed by atoms with van der Waals surface area (Å²) in [6.45, 7) is 5.95. The average molecular weight is 281 g/mol. The molecule has 0 unspecified atom stereocenters. The van der Waals surface area contributed by atoms with Crippen molar-refractivity contribution in [3.8, 4) is 11.1 Å². The number of furan rings is 1. The van der Waals surface area contributed by atoms with Gasteiger partial charge in [0.15, 0.2) is 0 Å². The predicted molar refractivity (Wildman–Crippen MR) is 82.5 cm³/mol. The molecule has 0 amide bonds. The Morgan fingerprint density at radius 1 is 1.05 bits per heavy atom. The van der Waals surface area contributed by atoms with Crippen molar-refractivity contribution in [3.05, 3.63) is 63.2 Å². The summed E-state index contributed by atoms with van der Waals surface area (Å²) < 4.78 is 5.58. The molecule has 0 aliphatic heterocycles. The van der Waals surface area contributed by atoms with Crippen LogP contribution in [-0.2, 0) is 0 Å². The molecule has 1 heterocycles. The molecule has 0 aliphatic rings. The lowest BCUT2D eigenvalue weighted by Crippen LogP contribution is -1.88. The third kappa shape index (κ3) is 2.00. The quantitative estimate of drug-likeness (QED) is 0.494. The molecule has 0 spiro atoms. The Bertz CT molecular complexity index is 848. The van der Waals surface area contributed by atoms with Gasteiger partial charge in [0.05, 0.1) is 0 Å². The highest BCUT2D eigenvalue weighted by Crippen LogP contribution is 2.42. The van der Waals surface area contributed by atoms with Crippen LogP contribution in [0.4, 0.5) is 5.88 Å². The van der Waals surface area contributed by atoms with Gasteiger partial charge in [0.2, 0.25) is 0 Å². The van der Waals surface area contributed by atoms with Crippen LogP contribution in [0.5, 0.6) is 0 Å². The SMILES string of the molecule is Cc1cc2c(-c3ccccc3)c([N+](=O)[O-])oc2c(C)c1C. The largest absolute Gasteiger partial charge is 0.442 e. The minimum absolute atomic E-state index is 0.190. The zero-order valence-electron chi connectivity index (χ0n) is 12.1. The monoisotopic (exact) mass is 281 g/mol. The summed E-state index contributed by atoms with van der Waals surface area (Å²) in [4.78, 5) is 10.9. The van der Waals surface area contributed by atoms with Gasteiger partial charge in [-0.2, -0.15) is 0 Å². The van der Waals surface area contributed by atoms with E-state index in [0.29, 0.717) is 11.1 Å². The number of hydrogen-bond acceptors (Lipinski definition) is 3. The van der Waals surface area contributed by atoms with Gasteiger partial charge in [0.1, 0.15) is 16.1 Å². The lowest BCUT2D eigenvalue weighted by atomic mass is 9.97. The number of aryl methyl sites for hydroxylation is 2. The lowest BCUT2D eigenvalue weighted by Gasteiger charge is -2.05. The second-order valence-electron chi connectivity index (χ2n) is 5.23. The first-order valence-corrected chi connectivity index (χ1v) is 6.74. The molecule has 0 saturated heterocycles. The molecule has 3 aromatic rings. The number of fused-ring (bicyclic) bond motifs is 1. The molecule has 0 fully saturated rings. The van der Waals surface area contributed by atoms with Gasteiger partial charge in [0.25, 0.3) is 0 Å². The molecule has 0 saturated carbocycles. The van der Waals surface area contributed by atoms with E-state index in [9.17, 15) is 10.1 Å². The molecule has 0 bridgehead atoms. The Morgan fingerprint density at radius 2 is 1.71 bits per heavy atom. The van der Waals surface area contributed by atoms with E-state index in [1.807, 2.05) is 57.2 Å². The predicted octanol–water partition coefficient (Wildman–Crippen LogP) is 4.93. The molecule has 0 aliphatic carbocycles. The summed E-state index contributed by atoms with van der Waals surface area (Å²) in [5.74, 6) is -0.190. The Kier molecular flexibility index (Phi) is 3.01. The summed E-state index contributed by atoms with van der Waals surface area (Å²) in [6.07, 6.45) is 0. The highest BCUT2D eigenvalue weighted by atomic mass is 16.6. The second kappa shape index (κ2) is 4.74. The third-order valence-corrected chi connectivity index (χ3v) is 4.01. The van der Waals surface area contributed by atoms with Crippen LogP contribution < -0.4 is 0 Å². The van der Waals surface area contributed by atoms with Crippen LogP contribution in [0.2, 0.25) is 0 Å². The summed E-state index contributed by atoms with van der Waals surface area (Å²) in [5.41, 5.74) is 5.12. The summed E-state index contributed by atoms with van der Waals surface area (Å²) >= 11 is 0. The first kappa shape index (κ1) is 13.4. The maximum absolute atomic E-state index is 11.4. The van der Waals surface area contributed by atoms with Crippen molar-refractivity contribution in [2.45, 2.75) is 20.8 Å². The minimum Gasteiger partial charge on any atom is -0.400 e. The van der Waals surface area contributed by atoms with Crippen LogP contribution in [0.15, 0.2) is 40.8 Å². The zero-order valence-corrected chi connectivity index (χ0v) is 12.1. The van der Waals surface area contributed by atoms with E-state index in [-0.39, 0.29) is 5.88 Å². The summed E-state index contributed by atoms with van der Waals surface area (Å²) in [5, 5.41) is 12.2. The normalized spacial score (nSPS) is 11.0. The van der Waals surface area contributed by atoms with Gasteiger partial charge in [-0.05, 0) is 49.1 Å². The molecule has 0 atom stereocenters. The van der Waals surface area contributed by atoms with E-state index in [2.05, 4.69) is 0 Å². The number of nitro groups is 1. The molecule has 106 valence electrons. The van der Waals surface area contributed by atoms with Gasteiger partial charge < -0.3 is 4.42 Å². The smallest absolute Gasteiger partial charge is 0.400 e. The highest BCUT2D eigenvalue weighted by molar-refractivity contribution is 6.00. The molecular weight excluding hydrogens is 266 g/mol. The zero-order chi connectivity index (χ0) is 15.1. The number of benzene rings is 2. The van der Waals surface area contributed by atoms with Crippen molar-refractivity contribution >= 4 is 16.9 Å². The molecule has 4 heteroatoms. The van der Waals surface area contributed by atoms with Gasteiger partial charge in [-0.3, -0.25) is 10.1 Å². The van der Waals surface area contributed by atoms with E-state index in [1.165, 1.54) is 0 Å². The maximum atomic E-state index is 11.4. The maximum Gasteiger partial charge on any atom is 0.442 e. The van der Waals surface area contributed by atoms with Gasteiger partial charge in [-0.15, -0.1) is 0 Å². The fourth-order valence-electron chi connectivity index (χ4n) is 2.65. The van der Waals surface area contributed by atoms with Crippen molar-refractivity contribution < 1.29 is 9.34 Å². The molecule has 0 radical (unpaired) electrons. The Morgan fingerprint density at radius 3 is 2.33 bits per heavy atom. The molecule has 3 rings (SSSR count). The summed E-state index contributed by atoms with van der Waals surface area (Å²) in [6, 6.07) is 11.3. The molecule has 1 aromatic heterocycles. The number of nitrogens with zero attached hydrogens (tertiary/aromatic N) is 1. The first-order valence-electron chi connectivity index (χ1n) is 6.74. The minimum atomic E-state index is -0.452. The van der Waals surface area contributed by atoms with E-state index in [0.717, 1.165) is 27.6 Å². The Balaban J connectivity index is 2.47. The Labute approximate surface area is 122 Å². The van der Waals surface area contributed by atoms with E-state index in [4.69, 9.17) is 4.42 Å². The van der Waals surface area contributed by atoms with Crippen molar-refractivity contribution in [3.63, 3.8) is 0 Å². The van der Waals surface area contributed by atoms with Gasteiger partial charge >= 0.3 is 5.88 Å². The fourth-order valence-corrected chi connectivity index (χ4v) is 2.65. The second-order valence-corrected chi connectivity index (χ2v) is 5.23. The summed E-state index contributed by atoms with van der Waals surface area (Å²) in [7, 11) is 0. The molecule has 0 N–H and O–H groups in total.